The number of H-pyrrole nitrogens is 2. The summed E-state index contributed by atoms with van der Waals surface area (Å²) in [4.78, 5) is 229. The van der Waals surface area contributed by atoms with E-state index in [1.54, 1.807) is 12.3 Å². The molecule has 12 rings (SSSR count). The Morgan fingerprint density at radius 1 is 0.373 bits per heavy atom. The molecule has 0 radical (unpaired) electrons. The van der Waals surface area contributed by atoms with Crippen LogP contribution in [0.1, 0.15) is 78.3 Å². The van der Waals surface area contributed by atoms with Crippen molar-refractivity contribution in [2.45, 2.75) is 151 Å². The maximum atomic E-state index is 12.1. The molecule has 26 N–H and O–H groups in total. The summed E-state index contributed by atoms with van der Waals surface area (Å²) in [7, 11) is -67.4. The predicted octanol–water partition coefficient (Wildman–Crippen LogP) is 5.11. The molecule has 150 heavy (non-hydrogen) atoms. The van der Waals surface area contributed by atoms with Crippen molar-refractivity contribution in [3.63, 3.8) is 0 Å². The van der Waals surface area contributed by atoms with Crippen molar-refractivity contribution in [1.82, 2.24) is 68.1 Å². The highest BCUT2D eigenvalue weighted by Gasteiger charge is 2.54. The number of fused-ring (bicyclic) bond motifs is 4. The van der Waals surface area contributed by atoms with Crippen LogP contribution in [-0.2, 0) is 145 Å². The molecule has 4 aliphatic heterocycles. The minimum atomic E-state index is -5.78. The molecule has 0 amide bonds. The van der Waals surface area contributed by atoms with Crippen molar-refractivity contribution in [3.8, 4) is 0 Å². The number of ether oxygens (including phenoxy) is 8. The molecular weight excluding hydrogens is 2300 g/mol. The van der Waals surface area contributed by atoms with Crippen LogP contribution in [-0.4, -0.2) is 245 Å². The predicted molar refractivity (Wildman–Crippen MR) is 478 cm³/mol. The van der Waals surface area contributed by atoms with Crippen molar-refractivity contribution in [3.05, 3.63) is 158 Å². The SMILES string of the molecule is [C-]#[N+]C(C)(N=[N+]=[N-])OC1C[C@H](n2ccc3c(=O)[nH]c(N)nc32)O[C@@H]1COP(=O)(O)OP(=O)(O)OP(=O)(O)O.[C-]#[N+]C(C)(N=[N+]=[N-])OC1C[C@H](n2ccc3c(N)ncnc32)O[C@@H]1COP(=O)(O)OP(=O)(O)OP(=O)(O)O.[C-]#[N+]C(C)(N=[N+]=[N-])OC1C[C@H](n2cnc3c(=O)[nH]c(N)nc32)O[C@@H]1COP(=O)(O)OP(=O)(O)OP(=O)(O)O.[C-]#[N+]C(C)(N=[N+]=[N-])OC1C[C@H](n2cnc3c(N)ncnc32)O[C@@H]1COP(=O)(O)OP(=O)(O)OP(=O)(O)O. The summed E-state index contributed by atoms with van der Waals surface area (Å²) in [6.45, 7) is 29.9. The van der Waals surface area contributed by atoms with Crippen LogP contribution < -0.4 is 34.1 Å². The number of phosphoric ester groups is 4. The molecule has 84 nitrogen and oxygen atoms in total. The number of nitrogens with one attached hydrogen (secondary N) is 2. The minimum Gasteiger partial charge on any atom is -0.383 e. The Morgan fingerprint density at radius 2 is 0.647 bits per heavy atom. The maximum Gasteiger partial charge on any atom is 0.490 e. The van der Waals surface area contributed by atoms with E-state index in [9.17, 15) is 104 Å². The number of azide groups is 4. The molecule has 0 aromatic carbocycles. The Morgan fingerprint density at radius 3 is 0.960 bits per heavy atom. The molecule has 8 aromatic heterocycles. The van der Waals surface area contributed by atoms with Gasteiger partial charge in [-0.1, -0.05) is 0 Å². The van der Waals surface area contributed by atoms with Crippen LogP contribution in [0.3, 0.4) is 0 Å². The molecular formula is C54H74N34O50P12. The summed E-state index contributed by atoms with van der Waals surface area (Å²) in [5.74, 6) is -8.50. The van der Waals surface area contributed by atoms with Crippen LogP contribution >= 0.6 is 93.9 Å². The average molecular weight is 2370 g/mol. The Bertz CT molecular complexity index is 7120. The number of hydrogen-bond donors (Lipinski definition) is 22. The highest BCUT2D eigenvalue weighted by atomic mass is 31.3. The van der Waals surface area contributed by atoms with Gasteiger partial charge in [0, 0.05) is 106 Å². The Hall–Kier alpha value is -10.3. The van der Waals surface area contributed by atoms with Gasteiger partial charge in [0.05, 0.1) is 74.3 Å². The summed E-state index contributed by atoms with van der Waals surface area (Å²) >= 11 is 0. The largest absolute Gasteiger partial charge is 0.490 e. The van der Waals surface area contributed by atoms with E-state index in [2.05, 4.69) is 162 Å². The smallest absolute Gasteiger partial charge is 0.383 e. The quantitative estimate of drug-likeness (QED) is 0.00775. The van der Waals surface area contributed by atoms with Crippen molar-refractivity contribution in [2.24, 2.45) is 20.5 Å². The first-order valence-electron chi connectivity index (χ1n) is 38.9. The third-order valence-electron chi connectivity index (χ3n) is 18.5. The van der Waals surface area contributed by atoms with Crippen molar-refractivity contribution in [2.75, 3.05) is 49.4 Å². The van der Waals surface area contributed by atoms with Crippen LogP contribution in [0.4, 0.5) is 23.5 Å². The van der Waals surface area contributed by atoms with Gasteiger partial charge in [0.1, 0.15) is 79.0 Å². The van der Waals surface area contributed by atoms with Crippen LogP contribution in [0.15, 0.2) is 79.9 Å². The van der Waals surface area contributed by atoms with Gasteiger partial charge in [-0.3, -0.25) is 85.1 Å². The fourth-order valence-corrected chi connectivity index (χ4v) is 25.1. The van der Waals surface area contributed by atoms with Gasteiger partial charge in [-0.2, -0.15) is 44.5 Å². The Labute approximate surface area is 828 Å². The lowest BCUT2D eigenvalue weighted by molar-refractivity contribution is -0.0987. The monoisotopic (exact) mass is 2370 g/mol. The number of rotatable bonds is 44. The number of nitrogen functional groups attached to an aromatic ring is 4. The standard InChI is InChI=1S/C14H19N8O13P3.C14H19N8O12P3.C13H18N9O13P3.C13H18N9O12P3/c1-14(17-2,20-21-16)33-8-5-10(22-4-3-7-11(22)18-13(15)19-12(7)23)32-9(8)6-31-37(27,28)35-38(29,30)34-36(24,25)26;1-14(17-2,20-21-16)32-9-5-11(22-4-3-8-12(15)18-7-19-13(8)22)31-10(9)6-30-36(26,27)34-37(28,29)33-35(23,24)25;1-13(16-2,20-21-15)33-6-3-8(22-5-17-9-10(22)18-12(14)19-11(9)23)32-7(6)4-31-37(27,28)35-38(29,30)34-36(24,25)26;1-13(16-2,20-21-15)32-7-3-9(22-6-19-10-11(14)17-5-18-12(10)22)31-8(7)4-30-36(26,27)34-37(28,29)33-35(23,24)25/h3-4,8-10H,5-6H2,1H3,(H,27,28)(H,29,30)(H2,24,25,26)(H3,15,18,19,23);3-4,7,9-11H,5-6H2,1H3,(H,26,27)(H,28,29)(H2,15,18,19)(H2,23,24,25);5-8H,3-4H2,1H3,(H,27,28)(H,29,30)(H2,24,25,26)(H3,14,18,19,23);5-9H,3-4H2,1H3,(H,26,27)(H,28,29)(H2,14,17,18)(H2,23,24,25)/t8?,9-,10-,14?;9?,10-,11-,14?;6?,7-,8-,13?;7?,8-,9-,13?/m1111/s1. The summed E-state index contributed by atoms with van der Waals surface area (Å²) in [6, 6.07) is 3.01. The molecule has 0 saturated carbocycles. The zero-order valence-electron chi connectivity index (χ0n) is 74.4. The van der Waals surface area contributed by atoms with E-state index in [1.165, 1.54) is 55.8 Å². The number of aromatic amines is 2. The lowest BCUT2D eigenvalue weighted by atomic mass is 10.2. The van der Waals surface area contributed by atoms with Gasteiger partial charge in [0.2, 0.25) is 11.9 Å². The van der Waals surface area contributed by atoms with Crippen LogP contribution in [0.5, 0.6) is 0 Å². The first-order chi connectivity index (χ1) is 69.1. The van der Waals surface area contributed by atoms with Gasteiger partial charge >= 0.3 is 117 Å². The second kappa shape index (κ2) is 48.1. The van der Waals surface area contributed by atoms with Crippen LogP contribution in [0.2, 0.25) is 0 Å². The lowest BCUT2D eigenvalue weighted by Gasteiger charge is -2.23. The van der Waals surface area contributed by atoms with Gasteiger partial charge in [-0.25, -0.2) is 111 Å². The van der Waals surface area contributed by atoms with Crippen molar-refractivity contribution < 1.29 is 224 Å². The fourth-order valence-electron chi connectivity index (χ4n) is 13.0. The van der Waals surface area contributed by atoms with Gasteiger partial charge in [0.15, 0.2) is 28.3 Å². The number of nitrogens with zero attached hydrogens (tertiary/aromatic N) is 28. The van der Waals surface area contributed by atoms with Crippen molar-refractivity contribution in [1.29, 1.82) is 0 Å². The molecule has 12 heterocycles. The molecule has 820 valence electrons. The second-order valence-electron chi connectivity index (χ2n) is 29.6. The van der Waals surface area contributed by atoms with Crippen molar-refractivity contribution >= 4 is 162 Å². The highest BCUT2D eigenvalue weighted by molar-refractivity contribution is 7.68. The summed E-state index contributed by atoms with van der Waals surface area (Å²) in [6.07, 6.45) is -6.52. The Kier molecular flexibility index (Phi) is 39.5. The van der Waals surface area contributed by atoms with Gasteiger partial charge in [0.25, 0.3) is 11.1 Å². The van der Waals surface area contributed by atoms with E-state index in [-0.39, 0.29) is 82.6 Å². The topological polar surface area (TPSA) is 1220 Å². The molecule has 24 atom stereocenters. The van der Waals surface area contributed by atoms with Gasteiger partial charge < -0.3 is 129 Å². The highest BCUT2D eigenvalue weighted by Crippen LogP contribution is 2.70. The molecule has 0 spiro atoms. The molecule has 16 unspecified atom stereocenters. The first-order valence-corrected chi connectivity index (χ1v) is 57.0. The molecule has 4 saturated heterocycles. The minimum absolute atomic E-state index is 0.0217. The molecule has 0 aliphatic carbocycles. The fraction of sp³-hybridized carbons (Fsp3) is 0.519. The molecule has 4 aliphatic rings. The van der Waals surface area contributed by atoms with Gasteiger partial charge in [-0.15, -0.1) is 0 Å². The molecule has 4 fully saturated rings. The molecule has 96 heteroatoms. The summed E-state index contributed by atoms with van der Waals surface area (Å²) in [5.41, 5.74) is 57.4. The van der Waals surface area contributed by atoms with Crippen LogP contribution in [0.25, 0.3) is 106 Å². The van der Waals surface area contributed by atoms with E-state index in [1.807, 2.05) is 0 Å². The number of nitrogens with two attached hydrogens (primary N) is 4. The van der Waals surface area contributed by atoms with E-state index in [0.29, 0.717) is 11.0 Å². The average Bonchev–Trinajstić information content (AvgIpc) is 1.72. The number of phosphoric acid groups is 12. The first kappa shape index (κ1) is 123. The van der Waals surface area contributed by atoms with Gasteiger partial charge in [-0.05, 0) is 34.3 Å². The summed E-state index contributed by atoms with van der Waals surface area (Å²) < 4.78 is 237. The maximum absolute atomic E-state index is 12.1. The Balaban J connectivity index is 0.000000222. The molecule has 8 aromatic rings. The summed E-state index contributed by atoms with van der Waals surface area (Å²) in [5, 5.41) is 13.7. The second-order valence-corrected chi connectivity index (χ2v) is 47.2. The lowest BCUT2D eigenvalue weighted by Crippen LogP contribution is -2.35. The van der Waals surface area contributed by atoms with E-state index >= 15 is 0 Å². The van der Waals surface area contributed by atoms with E-state index < -0.39 is 229 Å². The van der Waals surface area contributed by atoms with Crippen LogP contribution in [0, 0.1) is 26.3 Å². The zero-order valence-corrected chi connectivity index (χ0v) is 85.2. The third kappa shape index (κ3) is 35.4. The molecule has 0 bridgehead atoms. The number of hydrogen-bond acceptors (Lipinski definition) is 50. The number of aromatic nitrogens is 14. The zero-order chi connectivity index (χ0) is 112. The number of anilines is 4. The van der Waals surface area contributed by atoms with E-state index in [0.717, 1.165) is 27.7 Å². The third-order valence-corrected chi connectivity index (χ3v) is 33.7. The normalized spacial score (nSPS) is 24.7. The number of imidazole rings is 2. The van der Waals surface area contributed by atoms with E-state index in [4.69, 9.17) is 148 Å².